The Morgan fingerprint density at radius 1 is 1.62 bits per heavy atom. The van der Waals surface area contributed by atoms with Gasteiger partial charge in [0, 0.05) is 21.9 Å². The van der Waals surface area contributed by atoms with Crippen LogP contribution in [0.4, 0.5) is 0 Å². The predicted octanol–water partition coefficient (Wildman–Crippen LogP) is 4.47. The van der Waals surface area contributed by atoms with E-state index in [-0.39, 0.29) is 6.04 Å². The quantitative estimate of drug-likeness (QED) is 0.394. The topological polar surface area (TPSA) is 48.8 Å². The zero-order valence-electron chi connectivity index (χ0n) is 9.23. The van der Waals surface area contributed by atoms with Gasteiger partial charge in [-0.05, 0) is 42.0 Å². The summed E-state index contributed by atoms with van der Waals surface area (Å²) in [6.07, 6.45) is 9.30. The van der Waals surface area contributed by atoms with Crippen molar-refractivity contribution in [1.82, 2.24) is 0 Å². The van der Waals surface area contributed by atoms with Crippen LogP contribution < -0.4 is 0 Å². The van der Waals surface area contributed by atoms with Crippen molar-refractivity contribution in [3.05, 3.63) is 44.8 Å². The van der Waals surface area contributed by atoms with Crippen LogP contribution in [-0.2, 0) is 0 Å². The molecule has 0 fully saturated rings. The Hall–Kier alpha value is -1.18. The lowest BCUT2D eigenvalue weighted by Gasteiger charge is -2.18. The van der Waals surface area contributed by atoms with Gasteiger partial charge in [-0.2, -0.15) is 0 Å². The summed E-state index contributed by atoms with van der Waals surface area (Å²) >= 11 is 6.06. The van der Waals surface area contributed by atoms with Crippen molar-refractivity contribution >= 4 is 11.6 Å². The fraction of sp³-hybridized carbons (Fsp3) is 0.500. The number of rotatable bonds is 3. The van der Waals surface area contributed by atoms with Gasteiger partial charge in [-0.25, -0.2) is 0 Å². The molecule has 0 aliphatic heterocycles. The van der Waals surface area contributed by atoms with Gasteiger partial charge in [-0.1, -0.05) is 35.8 Å². The molecule has 0 amide bonds. The van der Waals surface area contributed by atoms with Crippen molar-refractivity contribution < 1.29 is 0 Å². The maximum atomic E-state index is 8.38. The molecule has 0 aromatic heterocycles. The molecule has 3 nitrogen and oxygen atoms in total. The highest BCUT2D eigenvalue weighted by atomic mass is 35.5. The molecule has 2 unspecified atom stereocenters. The van der Waals surface area contributed by atoms with E-state index in [1.165, 1.54) is 11.1 Å². The lowest BCUT2D eigenvalue weighted by molar-refractivity contribution is 0.586. The molecule has 4 heteroatoms. The van der Waals surface area contributed by atoms with E-state index in [0.29, 0.717) is 5.92 Å². The molecule has 0 aromatic rings. The van der Waals surface area contributed by atoms with Gasteiger partial charge in [0.1, 0.15) is 0 Å². The monoisotopic (exact) mass is 235 g/mol. The molecule has 0 N–H and O–H groups in total. The Balaban J connectivity index is 2.11. The van der Waals surface area contributed by atoms with Crippen LogP contribution in [0.15, 0.2) is 39.5 Å². The van der Waals surface area contributed by atoms with Crippen LogP contribution in [0.2, 0.25) is 0 Å². The first-order valence-electron chi connectivity index (χ1n) is 5.52. The van der Waals surface area contributed by atoms with E-state index < -0.39 is 0 Å². The summed E-state index contributed by atoms with van der Waals surface area (Å²) in [5.74, 6) is 0.365. The summed E-state index contributed by atoms with van der Waals surface area (Å²) in [5, 5.41) is 4.65. The van der Waals surface area contributed by atoms with Crippen molar-refractivity contribution in [2.45, 2.75) is 32.2 Å². The fourth-order valence-electron chi connectivity index (χ4n) is 2.30. The zero-order chi connectivity index (χ0) is 11.5. The van der Waals surface area contributed by atoms with Crippen LogP contribution >= 0.6 is 11.6 Å². The number of azide groups is 1. The Morgan fingerprint density at radius 3 is 3.19 bits per heavy atom. The highest BCUT2D eigenvalue weighted by Gasteiger charge is 2.23. The van der Waals surface area contributed by atoms with Crippen molar-refractivity contribution in [1.29, 1.82) is 0 Å². The standard InChI is InChI=1S/C12H14ClN3/c1-8(15-16-14)6-10-3-2-9-4-5-11(13)7-12(9)10/h2-3,7-8,10H,4-6H2,1H3. The molecular weight excluding hydrogens is 222 g/mol. The lowest BCUT2D eigenvalue weighted by Crippen LogP contribution is -2.08. The SMILES string of the molecule is CC(CC1C=CC2=C1C=C(Cl)CC2)N=[N+]=[N-]. The molecule has 0 radical (unpaired) electrons. The molecule has 16 heavy (non-hydrogen) atoms. The third kappa shape index (κ3) is 2.31. The smallest absolute Gasteiger partial charge is 0.0354 e. The Kier molecular flexibility index (Phi) is 3.37. The van der Waals surface area contributed by atoms with E-state index in [2.05, 4.69) is 28.3 Å². The molecule has 0 saturated carbocycles. The average Bonchev–Trinajstić information content (AvgIpc) is 2.61. The summed E-state index contributed by atoms with van der Waals surface area (Å²) in [6, 6.07) is 0.0283. The largest absolute Gasteiger partial charge is 0.0909 e. The van der Waals surface area contributed by atoms with E-state index in [4.69, 9.17) is 17.1 Å². The van der Waals surface area contributed by atoms with Gasteiger partial charge in [0.25, 0.3) is 0 Å². The first kappa shape index (κ1) is 11.3. The van der Waals surface area contributed by atoms with E-state index in [1.807, 2.05) is 6.92 Å². The van der Waals surface area contributed by atoms with Crippen LogP contribution in [0.3, 0.4) is 0 Å². The molecule has 0 spiro atoms. The normalized spacial score (nSPS) is 24.9. The lowest BCUT2D eigenvalue weighted by atomic mass is 9.90. The fourth-order valence-corrected chi connectivity index (χ4v) is 2.51. The Bertz CT molecular complexity index is 428. The average molecular weight is 236 g/mol. The molecule has 0 saturated heterocycles. The number of nitrogens with zero attached hydrogens (tertiary/aromatic N) is 3. The summed E-state index contributed by atoms with van der Waals surface area (Å²) in [7, 11) is 0. The number of halogens is 1. The Morgan fingerprint density at radius 2 is 2.44 bits per heavy atom. The second-order valence-corrected chi connectivity index (χ2v) is 4.81. The van der Waals surface area contributed by atoms with E-state index in [1.54, 1.807) is 0 Å². The zero-order valence-corrected chi connectivity index (χ0v) is 9.98. The van der Waals surface area contributed by atoms with E-state index in [0.717, 1.165) is 24.3 Å². The van der Waals surface area contributed by atoms with Crippen molar-refractivity contribution in [3.8, 4) is 0 Å². The van der Waals surface area contributed by atoms with E-state index >= 15 is 0 Å². The van der Waals surface area contributed by atoms with Crippen LogP contribution in [0.5, 0.6) is 0 Å². The van der Waals surface area contributed by atoms with Crippen LogP contribution in [0.25, 0.3) is 10.4 Å². The van der Waals surface area contributed by atoms with Gasteiger partial charge >= 0.3 is 0 Å². The molecular formula is C12H14ClN3. The van der Waals surface area contributed by atoms with Gasteiger partial charge < -0.3 is 0 Å². The molecule has 84 valence electrons. The van der Waals surface area contributed by atoms with Crippen molar-refractivity contribution in [2.24, 2.45) is 11.0 Å². The highest BCUT2D eigenvalue weighted by molar-refractivity contribution is 6.29. The van der Waals surface area contributed by atoms with Gasteiger partial charge in [0.15, 0.2) is 0 Å². The minimum atomic E-state index is 0.0283. The van der Waals surface area contributed by atoms with Crippen LogP contribution in [0.1, 0.15) is 26.2 Å². The molecule has 0 heterocycles. The second-order valence-electron chi connectivity index (χ2n) is 4.33. The van der Waals surface area contributed by atoms with Crippen molar-refractivity contribution in [2.75, 3.05) is 0 Å². The number of allylic oxidation sites excluding steroid dienone is 6. The number of hydrogen-bond acceptors (Lipinski definition) is 1. The van der Waals surface area contributed by atoms with Crippen LogP contribution in [-0.4, -0.2) is 6.04 Å². The maximum Gasteiger partial charge on any atom is 0.0354 e. The molecule has 2 aliphatic carbocycles. The van der Waals surface area contributed by atoms with Crippen LogP contribution in [0, 0.1) is 5.92 Å². The molecule has 2 rings (SSSR count). The van der Waals surface area contributed by atoms with Gasteiger partial charge in [0.05, 0.1) is 0 Å². The van der Waals surface area contributed by atoms with Gasteiger partial charge in [0.2, 0.25) is 0 Å². The molecule has 2 atom stereocenters. The third-order valence-electron chi connectivity index (χ3n) is 3.09. The molecule has 0 bridgehead atoms. The maximum absolute atomic E-state index is 8.38. The minimum Gasteiger partial charge on any atom is -0.0909 e. The summed E-state index contributed by atoms with van der Waals surface area (Å²) in [6.45, 7) is 1.94. The minimum absolute atomic E-state index is 0.0283. The first-order chi connectivity index (χ1) is 7.70. The van der Waals surface area contributed by atoms with Crippen molar-refractivity contribution in [3.63, 3.8) is 0 Å². The second kappa shape index (κ2) is 4.77. The Labute approximate surface area is 100 Å². The van der Waals surface area contributed by atoms with Gasteiger partial charge in [-0.15, -0.1) is 0 Å². The predicted molar refractivity (Wildman–Crippen MR) is 66.1 cm³/mol. The molecule has 2 aliphatic rings. The highest BCUT2D eigenvalue weighted by Crippen LogP contribution is 2.38. The van der Waals surface area contributed by atoms with E-state index in [9.17, 15) is 0 Å². The third-order valence-corrected chi connectivity index (χ3v) is 3.39. The summed E-state index contributed by atoms with van der Waals surface area (Å²) in [4.78, 5) is 2.84. The first-order valence-corrected chi connectivity index (χ1v) is 5.90. The molecule has 0 aromatic carbocycles. The summed E-state index contributed by atoms with van der Waals surface area (Å²) in [5.41, 5.74) is 11.1. The van der Waals surface area contributed by atoms with Gasteiger partial charge in [-0.3, -0.25) is 0 Å². The summed E-state index contributed by atoms with van der Waals surface area (Å²) < 4.78 is 0. The number of hydrogen-bond donors (Lipinski definition) is 0.